The van der Waals surface area contributed by atoms with E-state index in [1.54, 1.807) is 6.20 Å². The van der Waals surface area contributed by atoms with Crippen LogP contribution < -0.4 is 5.73 Å². The van der Waals surface area contributed by atoms with E-state index in [1.165, 1.54) is 11.8 Å². The van der Waals surface area contributed by atoms with Crippen molar-refractivity contribution in [3.8, 4) is 0 Å². The largest absolute Gasteiger partial charge is 0.366 e. The number of hydrogen-bond donors (Lipinski definition) is 1. The van der Waals surface area contributed by atoms with Crippen LogP contribution in [0, 0.1) is 0 Å². The molecule has 0 saturated heterocycles. The molecule has 0 saturated carbocycles. The summed E-state index contributed by atoms with van der Waals surface area (Å²) < 4.78 is 0.928. The Labute approximate surface area is 84.6 Å². The molecule has 0 bridgehead atoms. The minimum atomic E-state index is -0.415. The monoisotopic (exact) mass is 276 g/mol. The van der Waals surface area contributed by atoms with Gasteiger partial charge in [0.25, 0.3) is 0 Å². The minimum Gasteiger partial charge on any atom is -0.366 e. The molecular weight excluding hydrogens is 267 g/mol. The lowest BCUT2D eigenvalue weighted by Crippen LogP contribution is -2.14. The molecule has 0 spiro atoms. The molecule has 64 valence electrons. The van der Waals surface area contributed by atoms with Crippen molar-refractivity contribution >= 4 is 34.7 Å². The predicted octanol–water partition coefficient (Wildman–Crippen LogP) is 1.19. The maximum Gasteiger partial charge on any atom is 0.249 e. The third-order valence-corrected chi connectivity index (χ3v) is 2.49. The summed E-state index contributed by atoms with van der Waals surface area (Å²) in [5.41, 5.74) is 6.79. The third-order valence-electron chi connectivity index (χ3n) is 1.51. The summed E-state index contributed by atoms with van der Waals surface area (Å²) in [6.45, 7) is 0. The number of carbonyl (C=O) groups is 1. The summed E-state index contributed by atoms with van der Waals surface area (Å²) in [7, 11) is 0. The summed E-state index contributed by atoms with van der Waals surface area (Å²) in [5, 5.41) is 0. The molecule has 3 nitrogen and oxygen atoms in total. The number of carbonyl (C=O) groups excluding carboxylic acids is 1. The van der Waals surface area contributed by atoms with Gasteiger partial charge in [-0.15, -0.1) is 0 Å². The zero-order chi connectivity index (χ0) is 8.97. The fourth-order valence-corrected chi connectivity index (χ4v) is 1.33. The Balaban J connectivity index is 2.77. The fourth-order valence-electron chi connectivity index (χ4n) is 0.823. The number of halogens is 1. The maximum absolute atomic E-state index is 10.7. The van der Waals surface area contributed by atoms with Crippen molar-refractivity contribution in [3.05, 3.63) is 23.4 Å². The van der Waals surface area contributed by atoms with Crippen molar-refractivity contribution in [2.75, 3.05) is 4.43 Å². The summed E-state index contributed by atoms with van der Waals surface area (Å²) in [5.74, 6) is -0.415. The summed E-state index contributed by atoms with van der Waals surface area (Å²) in [4.78, 5) is 14.7. The Morgan fingerprint density at radius 1 is 1.75 bits per heavy atom. The van der Waals surface area contributed by atoms with Gasteiger partial charge in [-0.3, -0.25) is 9.79 Å². The Kier molecular flexibility index (Phi) is 3.46. The van der Waals surface area contributed by atoms with Crippen LogP contribution in [0.3, 0.4) is 0 Å². The van der Waals surface area contributed by atoms with E-state index in [1.807, 2.05) is 6.08 Å². The van der Waals surface area contributed by atoms with Crippen LogP contribution in [0.5, 0.6) is 0 Å². The number of hydrogen-bond acceptors (Lipinski definition) is 2. The first kappa shape index (κ1) is 9.44. The maximum atomic E-state index is 10.7. The molecule has 1 heterocycles. The van der Waals surface area contributed by atoms with E-state index in [9.17, 15) is 4.79 Å². The van der Waals surface area contributed by atoms with Crippen molar-refractivity contribution < 1.29 is 4.79 Å². The van der Waals surface area contributed by atoms with Gasteiger partial charge < -0.3 is 5.73 Å². The Morgan fingerprint density at radius 3 is 3.08 bits per heavy atom. The number of alkyl halides is 1. The van der Waals surface area contributed by atoms with Crippen molar-refractivity contribution in [1.82, 2.24) is 0 Å². The molecule has 4 heteroatoms. The van der Waals surface area contributed by atoms with Gasteiger partial charge in [-0.25, -0.2) is 0 Å². The van der Waals surface area contributed by atoms with Crippen molar-refractivity contribution in [3.63, 3.8) is 0 Å². The molecule has 2 N–H and O–H groups in total. The highest BCUT2D eigenvalue weighted by atomic mass is 127. The first-order valence-corrected chi connectivity index (χ1v) is 5.03. The van der Waals surface area contributed by atoms with Gasteiger partial charge in [0, 0.05) is 16.8 Å². The summed E-state index contributed by atoms with van der Waals surface area (Å²) in [6.07, 6.45) is 5.85. The lowest BCUT2D eigenvalue weighted by molar-refractivity contribution is -0.114. The second-order valence-electron chi connectivity index (χ2n) is 2.43. The van der Waals surface area contributed by atoms with Gasteiger partial charge in [-0.05, 0) is 12.0 Å². The molecule has 0 aromatic rings. The van der Waals surface area contributed by atoms with Crippen LogP contribution in [0.25, 0.3) is 0 Å². The van der Waals surface area contributed by atoms with Crippen molar-refractivity contribution in [2.45, 2.75) is 6.42 Å². The van der Waals surface area contributed by atoms with Gasteiger partial charge >= 0.3 is 0 Å². The highest BCUT2D eigenvalue weighted by molar-refractivity contribution is 14.1. The Bertz CT molecular complexity index is 279. The van der Waals surface area contributed by atoms with Crippen LogP contribution in [0.2, 0.25) is 0 Å². The SMILES string of the molecule is NC(=O)C1=CCC(CI)=CN=C1. The highest BCUT2D eigenvalue weighted by Gasteiger charge is 2.03. The summed E-state index contributed by atoms with van der Waals surface area (Å²) >= 11 is 2.26. The molecule has 0 aromatic carbocycles. The number of amides is 1. The molecule has 1 aliphatic heterocycles. The summed E-state index contributed by atoms with van der Waals surface area (Å²) in [6, 6.07) is 0. The zero-order valence-corrected chi connectivity index (χ0v) is 8.61. The topological polar surface area (TPSA) is 55.5 Å². The van der Waals surface area contributed by atoms with Crippen molar-refractivity contribution in [2.24, 2.45) is 10.7 Å². The first-order chi connectivity index (χ1) is 5.74. The van der Waals surface area contributed by atoms with E-state index in [4.69, 9.17) is 5.73 Å². The number of aliphatic imine (C=N–C) groups is 1. The molecule has 0 fully saturated rings. The normalized spacial score (nSPS) is 16.4. The van der Waals surface area contributed by atoms with Crippen LogP contribution in [-0.2, 0) is 4.79 Å². The molecule has 12 heavy (non-hydrogen) atoms. The van der Waals surface area contributed by atoms with Gasteiger partial charge in [0.05, 0.1) is 5.57 Å². The molecule has 0 unspecified atom stereocenters. The first-order valence-electron chi connectivity index (χ1n) is 3.51. The fraction of sp³-hybridized carbons (Fsp3) is 0.250. The molecule has 1 amide bonds. The number of primary amides is 1. The highest BCUT2D eigenvalue weighted by Crippen LogP contribution is 2.11. The van der Waals surface area contributed by atoms with Crippen LogP contribution in [0.4, 0.5) is 0 Å². The Morgan fingerprint density at radius 2 is 2.50 bits per heavy atom. The second-order valence-corrected chi connectivity index (χ2v) is 3.19. The molecule has 0 radical (unpaired) electrons. The lowest BCUT2D eigenvalue weighted by atomic mass is 10.2. The standard InChI is InChI=1S/C8H9IN2O/c9-3-6-1-2-7(8(10)12)5-11-4-6/h2,4-5H,1,3H2,(H2,10,12). The van der Waals surface area contributed by atoms with Gasteiger partial charge in [0.15, 0.2) is 0 Å². The number of rotatable bonds is 2. The number of allylic oxidation sites excluding steroid dienone is 2. The van der Waals surface area contributed by atoms with Crippen LogP contribution in [0.15, 0.2) is 28.4 Å². The van der Waals surface area contributed by atoms with Crippen molar-refractivity contribution in [1.29, 1.82) is 0 Å². The van der Waals surface area contributed by atoms with E-state index < -0.39 is 5.91 Å². The van der Waals surface area contributed by atoms with E-state index in [0.29, 0.717) is 5.57 Å². The molecule has 0 atom stereocenters. The van der Waals surface area contributed by atoms with Gasteiger partial charge in [0.2, 0.25) is 5.91 Å². The van der Waals surface area contributed by atoms with E-state index in [2.05, 4.69) is 27.6 Å². The quantitative estimate of drug-likeness (QED) is 0.597. The number of nitrogens with two attached hydrogens (primary N) is 1. The smallest absolute Gasteiger partial charge is 0.249 e. The van der Waals surface area contributed by atoms with Gasteiger partial charge in [0.1, 0.15) is 0 Å². The number of nitrogens with zero attached hydrogens (tertiary/aromatic N) is 1. The van der Waals surface area contributed by atoms with Gasteiger partial charge in [-0.2, -0.15) is 0 Å². The molecule has 1 rings (SSSR count). The second kappa shape index (κ2) is 4.39. The van der Waals surface area contributed by atoms with E-state index in [-0.39, 0.29) is 0 Å². The lowest BCUT2D eigenvalue weighted by Gasteiger charge is -1.94. The molecule has 0 aliphatic carbocycles. The van der Waals surface area contributed by atoms with Crippen LogP contribution in [-0.4, -0.2) is 16.5 Å². The minimum absolute atomic E-state index is 0.415. The molecule has 1 aliphatic rings. The van der Waals surface area contributed by atoms with Crippen LogP contribution >= 0.6 is 22.6 Å². The van der Waals surface area contributed by atoms with E-state index >= 15 is 0 Å². The average Bonchev–Trinajstić information content (AvgIpc) is 2.28. The van der Waals surface area contributed by atoms with Crippen LogP contribution in [0.1, 0.15) is 6.42 Å². The molecular formula is C8H9IN2O. The average molecular weight is 276 g/mol. The van der Waals surface area contributed by atoms with Gasteiger partial charge in [-0.1, -0.05) is 28.7 Å². The third kappa shape index (κ3) is 2.44. The van der Waals surface area contributed by atoms with E-state index in [0.717, 1.165) is 10.8 Å². The predicted molar refractivity (Wildman–Crippen MR) is 57.4 cm³/mol. The molecule has 0 aromatic heterocycles. The Hall–Kier alpha value is -0.650. The zero-order valence-electron chi connectivity index (χ0n) is 6.46.